The van der Waals surface area contributed by atoms with Crippen LogP contribution in [0.5, 0.6) is 0 Å². The predicted octanol–water partition coefficient (Wildman–Crippen LogP) is 8.93. The molecule has 1 heterocycles. The molecule has 0 fully saturated rings. The Hall–Kier alpha value is -4.66. The molecule has 222 valence electrons. The van der Waals surface area contributed by atoms with Crippen molar-refractivity contribution in [3.63, 3.8) is 0 Å². The van der Waals surface area contributed by atoms with Crippen LogP contribution in [0, 0.1) is 13.8 Å². The van der Waals surface area contributed by atoms with Crippen LogP contribution in [0.15, 0.2) is 113 Å². The zero-order valence-electron chi connectivity index (χ0n) is 24.6. The third-order valence-corrected chi connectivity index (χ3v) is 8.98. The SMILES string of the molecule is CCOC(=O)c1c(-c2ccc(C)cc2)csc1NC(=O)C(Sc1cccc(NC(=O)c2cccc(C)c2)c1)c1ccccc1. The molecule has 0 aliphatic rings. The smallest absolute Gasteiger partial charge is 0.341 e. The van der Waals surface area contributed by atoms with E-state index in [9.17, 15) is 14.4 Å². The number of carbonyl (C=O) groups is 3. The predicted molar refractivity (Wildman–Crippen MR) is 180 cm³/mol. The highest BCUT2D eigenvalue weighted by molar-refractivity contribution is 8.00. The summed E-state index contributed by atoms with van der Waals surface area (Å²) in [5.41, 5.74) is 6.03. The molecule has 5 rings (SSSR count). The van der Waals surface area contributed by atoms with Crippen molar-refractivity contribution in [1.29, 1.82) is 0 Å². The molecule has 6 nitrogen and oxygen atoms in total. The van der Waals surface area contributed by atoms with E-state index in [2.05, 4.69) is 10.6 Å². The summed E-state index contributed by atoms with van der Waals surface area (Å²) in [6.07, 6.45) is 0. The number of ether oxygens (including phenoxy) is 1. The maximum absolute atomic E-state index is 14.0. The highest BCUT2D eigenvalue weighted by Crippen LogP contribution is 2.40. The first-order chi connectivity index (χ1) is 21.3. The topological polar surface area (TPSA) is 84.5 Å². The first-order valence-corrected chi connectivity index (χ1v) is 15.9. The number of benzene rings is 4. The number of nitrogens with one attached hydrogen (secondary N) is 2. The molecule has 8 heteroatoms. The minimum Gasteiger partial charge on any atom is -0.462 e. The lowest BCUT2D eigenvalue weighted by Crippen LogP contribution is -2.20. The van der Waals surface area contributed by atoms with Crippen LogP contribution in [0.1, 0.15) is 49.6 Å². The van der Waals surface area contributed by atoms with E-state index >= 15 is 0 Å². The van der Waals surface area contributed by atoms with E-state index in [4.69, 9.17) is 4.74 Å². The molecule has 44 heavy (non-hydrogen) atoms. The van der Waals surface area contributed by atoms with Crippen molar-refractivity contribution in [2.75, 3.05) is 17.2 Å². The lowest BCUT2D eigenvalue weighted by molar-refractivity contribution is -0.115. The molecule has 0 aliphatic carbocycles. The number of anilines is 2. The van der Waals surface area contributed by atoms with E-state index in [1.165, 1.54) is 23.1 Å². The van der Waals surface area contributed by atoms with Crippen LogP contribution >= 0.6 is 23.1 Å². The van der Waals surface area contributed by atoms with Gasteiger partial charge < -0.3 is 15.4 Å². The molecule has 5 aromatic rings. The van der Waals surface area contributed by atoms with Gasteiger partial charge in [-0.05, 0) is 62.2 Å². The van der Waals surface area contributed by atoms with Crippen molar-refractivity contribution < 1.29 is 19.1 Å². The van der Waals surface area contributed by atoms with Crippen molar-refractivity contribution in [3.8, 4) is 11.1 Å². The van der Waals surface area contributed by atoms with Gasteiger partial charge in [-0.15, -0.1) is 23.1 Å². The molecule has 2 N–H and O–H groups in total. The van der Waals surface area contributed by atoms with Crippen LogP contribution in [-0.4, -0.2) is 24.4 Å². The van der Waals surface area contributed by atoms with Crippen molar-refractivity contribution in [2.45, 2.75) is 30.9 Å². The van der Waals surface area contributed by atoms with Crippen LogP contribution < -0.4 is 10.6 Å². The Bertz CT molecular complexity index is 1780. The van der Waals surface area contributed by atoms with Gasteiger partial charge in [-0.2, -0.15) is 0 Å². The quantitative estimate of drug-likeness (QED) is 0.120. The molecule has 2 amide bonds. The maximum Gasteiger partial charge on any atom is 0.341 e. The summed E-state index contributed by atoms with van der Waals surface area (Å²) >= 11 is 2.66. The lowest BCUT2D eigenvalue weighted by atomic mass is 10.0. The van der Waals surface area contributed by atoms with E-state index in [1.54, 1.807) is 13.0 Å². The van der Waals surface area contributed by atoms with Gasteiger partial charge in [-0.25, -0.2) is 4.79 Å². The number of thiophene rings is 1. The second-order valence-corrected chi connectivity index (χ2v) is 12.2. The summed E-state index contributed by atoms with van der Waals surface area (Å²) in [7, 11) is 0. The summed E-state index contributed by atoms with van der Waals surface area (Å²) in [6.45, 7) is 5.92. The molecule has 0 saturated carbocycles. The van der Waals surface area contributed by atoms with Crippen LogP contribution in [-0.2, 0) is 9.53 Å². The zero-order chi connectivity index (χ0) is 31.1. The van der Waals surface area contributed by atoms with E-state index in [0.717, 1.165) is 27.1 Å². The number of hydrogen-bond acceptors (Lipinski definition) is 6. The highest BCUT2D eigenvalue weighted by atomic mass is 32.2. The average molecular weight is 621 g/mol. The Labute approximate surface area is 265 Å². The van der Waals surface area contributed by atoms with Gasteiger partial charge in [0.25, 0.3) is 5.91 Å². The third kappa shape index (κ3) is 7.45. The summed E-state index contributed by atoms with van der Waals surface area (Å²) < 4.78 is 5.40. The third-order valence-electron chi connectivity index (χ3n) is 6.84. The first-order valence-electron chi connectivity index (χ1n) is 14.2. The molecule has 1 aromatic heterocycles. The second kappa shape index (κ2) is 14.2. The van der Waals surface area contributed by atoms with Crippen molar-refractivity contribution in [2.24, 2.45) is 0 Å². The number of aryl methyl sites for hydroxylation is 2. The second-order valence-electron chi connectivity index (χ2n) is 10.2. The lowest BCUT2D eigenvalue weighted by Gasteiger charge is -2.18. The maximum atomic E-state index is 14.0. The van der Waals surface area contributed by atoms with Gasteiger partial charge in [0.2, 0.25) is 5.91 Å². The van der Waals surface area contributed by atoms with E-state index in [-0.39, 0.29) is 18.4 Å². The minimum absolute atomic E-state index is 0.207. The summed E-state index contributed by atoms with van der Waals surface area (Å²) in [6, 6.07) is 32.2. The van der Waals surface area contributed by atoms with Crippen LogP contribution in [0.2, 0.25) is 0 Å². The number of hydrogen-bond donors (Lipinski definition) is 2. The molecule has 0 aliphatic heterocycles. The Kier molecular flexibility index (Phi) is 9.94. The van der Waals surface area contributed by atoms with Gasteiger partial charge in [-0.3, -0.25) is 9.59 Å². The Morgan fingerprint density at radius 1 is 0.818 bits per heavy atom. The molecule has 0 radical (unpaired) electrons. The summed E-state index contributed by atoms with van der Waals surface area (Å²) in [4.78, 5) is 40.8. The fourth-order valence-corrected chi connectivity index (χ4v) is 6.70. The van der Waals surface area contributed by atoms with Gasteiger partial charge in [-0.1, -0.05) is 83.9 Å². The Morgan fingerprint density at radius 2 is 1.57 bits per heavy atom. The normalized spacial score (nSPS) is 11.4. The van der Waals surface area contributed by atoms with Crippen molar-refractivity contribution >= 4 is 51.6 Å². The molecule has 0 saturated heterocycles. The molecule has 0 bridgehead atoms. The molecule has 1 atom stereocenters. The van der Waals surface area contributed by atoms with E-state index in [0.29, 0.717) is 27.4 Å². The number of rotatable bonds is 10. The Morgan fingerprint density at radius 3 is 2.30 bits per heavy atom. The zero-order valence-corrected chi connectivity index (χ0v) is 26.3. The molecule has 1 unspecified atom stereocenters. The van der Waals surface area contributed by atoms with Crippen LogP contribution in [0.25, 0.3) is 11.1 Å². The van der Waals surface area contributed by atoms with Crippen LogP contribution in [0.3, 0.4) is 0 Å². The number of esters is 1. The number of carbonyl (C=O) groups excluding carboxylic acids is 3. The van der Waals surface area contributed by atoms with Crippen molar-refractivity contribution in [3.05, 3.63) is 136 Å². The van der Waals surface area contributed by atoms with Gasteiger partial charge in [0.05, 0.1) is 6.61 Å². The Balaban J connectivity index is 1.42. The minimum atomic E-state index is -0.640. The first kappa shape index (κ1) is 30.8. The van der Waals surface area contributed by atoms with Gasteiger partial charge in [0.15, 0.2) is 0 Å². The summed E-state index contributed by atoms with van der Waals surface area (Å²) in [5.74, 6) is -0.972. The number of amides is 2. The summed E-state index contributed by atoms with van der Waals surface area (Å²) in [5, 5.41) is 7.66. The fraction of sp³-hybridized carbons (Fsp3) is 0.139. The average Bonchev–Trinajstić information content (AvgIpc) is 3.44. The highest BCUT2D eigenvalue weighted by Gasteiger charge is 2.27. The monoisotopic (exact) mass is 620 g/mol. The van der Waals surface area contributed by atoms with Gasteiger partial charge in [0, 0.05) is 27.1 Å². The molecular formula is C36H32N2O4S2. The van der Waals surface area contributed by atoms with E-state index < -0.39 is 11.2 Å². The van der Waals surface area contributed by atoms with Crippen LogP contribution in [0.4, 0.5) is 10.7 Å². The standard InChI is InChI=1S/C36H32N2O4S2/c1-4-42-36(41)31-30(25-18-16-23(2)17-19-25)22-43-35(31)38-34(40)32(26-11-6-5-7-12-26)44-29-15-9-14-28(21-29)37-33(39)27-13-8-10-24(3)20-27/h5-22,32H,4H2,1-3H3,(H,37,39)(H,38,40). The molecular weight excluding hydrogens is 589 g/mol. The largest absolute Gasteiger partial charge is 0.462 e. The van der Waals surface area contributed by atoms with Crippen molar-refractivity contribution in [1.82, 2.24) is 0 Å². The number of thioether (sulfide) groups is 1. The molecule has 0 spiro atoms. The van der Waals surface area contributed by atoms with Gasteiger partial charge >= 0.3 is 5.97 Å². The van der Waals surface area contributed by atoms with Gasteiger partial charge in [0.1, 0.15) is 15.8 Å². The fourth-order valence-electron chi connectivity index (χ4n) is 4.65. The van der Waals surface area contributed by atoms with E-state index in [1.807, 2.05) is 116 Å². The molecule has 4 aromatic carbocycles.